The molecule has 0 amide bonds. The average Bonchev–Trinajstić information content (AvgIpc) is 2.84. The van der Waals surface area contributed by atoms with Gasteiger partial charge in [0.15, 0.2) is 5.82 Å². The van der Waals surface area contributed by atoms with Gasteiger partial charge in [0, 0.05) is 50.8 Å². The molecule has 0 unspecified atom stereocenters. The lowest BCUT2D eigenvalue weighted by Crippen LogP contribution is -2.38. The summed E-state index contributed by atoms with van der Waals surface area (Å²) in [4.78, 5) is 16.5. The highest BCUT2D eigenvalue weighted by atomic mass is 19.4. The van der Waals surface area contributed by atoms with Crippen LogP contribution in [0.4, 0.5) is 23.4 Å². The van der Waals surface area contributed by atoms with Crippen LogP contribution in [-0.4, -0.2) is 54.4 Å². The Bertz CT molecular complexity index is 1300. The molecule has 0 bridgehead atoms. The highest BCUT2D eigenvalue weighted by Crippen LogP contribution is 2.33. The summed E-state index contributed by atoms with van der Waals surface area (Å²) in [5, 5.41) is 10.9. The molecule has 1 aromatic heterocycles. The van der Waals surface area contributed by atoms with Crippen molar-refractivity contribution >= 4 is 28.3 Å². The van der Waals surface area contributed by atoms with Crippen molar-refractivity contribution < 1.29 is 27.1 Å². The predicted molar refractivity (Wildman–Crippen MR) is 129 cm³/mol. The Balaban J connectivity index is 1.49. The number of carbonyl (C=O) groups excluding carboxylic acids is 1. The first-order valence-electron chi connectivity index (χ1n) is 11.5. The van der Waals surface area contributed by atoms with E-state index in [0.717, 1.165) is 28.2 Å². The average molecular weight is 503 g/mol. The zero-order chi connectivity index (χ0) is 26.0. The Hall–Kier alpha value is -3.69. The van der Waals surface area contributed by atoms with Gasteiger partial charge in [0.1, 0.15) is 17.6 Å². The number of hydrogen-bond donors (Lipinski definition) is 0. The molecule has 1 aliphatic heterocycles. The van der Waals surface area contributed by atoms with E-state index in [2.05, 4.69) is 15.1 Å². The summed E-state index contributed by atoms with van der Waals surface area (Å²) in [5.74, 6) is -1.40. The molecule has 1 saturated heterocycles. The number of ether oxygens (including phenoxy) is 1. The number of aromatic nitrogens is 2. The molecule has 0 saturated carbocycles. The number of esters is 1. The van der Waals surface area contributed by atoms with E-state index in [9.17, 15) is 22.4 Å². The second kappa shape index (κ2) is 10.1. The number of alkyl halides is 3. The van der Waals surface area contributed by atoms with Gasteiger partial charge in [-0.25, -0.2) is 9.18 Å². The molecule has 0 spiro atoms. The van der Waals surface area contributed by atoms with Gasteiger partial charge in [-0.2, -0.15) is 13.2 Å². The normalized spacial score (nSPS) is 15.3. The minimum absolute atomic E-state index is 0.351. The van der Waals surface area contributed by atoms with E-state index in [-0.39, 0.29) is 0 Å². The number of nitrogens with zero attached hydrogens (tertiary/aromatic N) is 4. The maximum absolute atomic E-state index is 13.7. The Morgan fingerprint density at radius 1 is 1.08 bits per heavy atom. The minimum atomic E-state index is -4.76. The van der Waals surface area contributed by atoms with E-state index in [1.807, 2.05) is 56.3 Å². The van der Waals surface area contributed by atoms with Crippen LogP contribution in [0.3, 0.4) is 0 Å². The molecule has 0 atom stereocenters. The molecule has 36 heavy (non-hydrogen) atoms. The molecule has 1 fully saturated rings. The number of carbonyl (C=O) groups is 1. The van der Waals surface area contributed by atoms with Gasteiger partial charge in [0.25, 0.3) is 0 Å². The number of hydrogen-bond acceptors (Lipinski definition) is 6. The van der Waals surface area contributed by atoms with Crippen molar-refractivity contribution in [2.75, 3.05) is 32.1 Å². The van der Waals surface area contributed by atoms with Crippen LogP contribution in [0.1, 0.15) is 41.4 Å². The molecule has 6 nitrogen and oxygen atoms in total. The molecule has 0 aliphatic carbocycles. The molecule has 3 aromatic rings. The zero-order valence-corrected chi connectivity index (χ0v) is 20.1. The van der Waals surface area contributed by atoms with Crippen LogP contribution in [0.15, 0.2) is 48.5 Å². The molecule has 0 radical (unpaired) electrons. The summed E-state index contributed by atoms with van der Waals surface area (Å²) in [5.41, 5.74) is 0.0345. The van der Waals surface area contributed by atoms with Gasteiger partial charge in [0.05, 0.1) is 16.8 Å². The summed E-state index contributed by atoms with van der Waals surface area (Å²) in [6, 6.07) is 9.58. The Labute approximate surface area is 206 Å². The maximum atomic E-state index is 13.7. The van der Waals surface area contributed by atoms with Crippen molar-refractivity contribution in [3.05, 3.63) is 71.2 Å². The number of piperidine rings is 1. The van der Waals surface area contributed by atoms with Crippen molar-refractivity contribution in [3.63, 3.8) is 0 Å². The molecule has 10 heteroatoms. The Kier molecular flexibility index (Phi) is 7.14. The number of rotatable bonds is 5. The number of allylic oxidation sites excluding steroid dienone is 1. The lowest BCUT2D eigenvalue weighted by Gasteiger charge is -2.33. The molecule has 2 aromatic carbocycles. The summed E-state index contributed by atoms with van der Waals surface area (Å²) in [7, 11) is 3.89. The molecule has 2 heterocycles. The van der Waals surface area contributed by atoms with Crippen LogP contribution in [0.25, 0.3) is 16.5 Å². The highest BCUT2D eigenvalue weighted by Gasteiger charge is 2.33. The van der Waals surface area contributed by atoms with E-state index in [1.54, 1.807) is 0 Å². The third kappa shape index (κ3) is 5.27. The third-order valence-electron chi connectivity index (χ3n) is 6.14. The van der Waals surface area contributed by atoms with Crippen LogP contribution < -0.4 is 4.90 Å². The number of anilines is 1. The maximum Gasteiger partial charge on any atom is 0.416 e. The fourth-order valence-electron chi connectivity index (χ4n) is 4.40. The summed E-state index contributed by atoms with van der Waals surface area (Å²) in [6.45, 7) is 2.97. The molecule has 1 aliphatic rings. The van der Waals surface area contributed by atoms with E-state index in [4.69, 9.17) is 4.74 Å². The second-order valence-corrected chi connectivity index (χ2v) is 8.80. The Morgan fingerprint density at radius 2 is 1.75 bits per heavy atom. The zero-order valence-electron chi connectivity index (χ0n) is 20.1. The summed E-state index contributed by atoms with van der Waals surface area (Å²) < 4.78 is 58.0. The fourth-order valence-corrected chi connectivity index (χ4v) is 4.40. The second-order valence-electron chi connectivity index (χ2n) is 8.80. The molecule has 190 valence electrons. The van der Waals surface area contributed by atoms with Crippen LogP contribution >= 0.6 is 0 Å². The quantitative estimate of drug-likeness (QED) is 0.338. The van der Waals surface area contributed by atoms with E-state index in [1.165, 1.54) is 0 Å². The molecule has 4 rings (SSSR count). The summed E-state index contributed by atoms with van der Waals surface area (Å²) in [6.07, 6.45) is -2.40. The van der Waals surface area contributed by atoms with Crippen molar-refractivity contribution in [1.82, 2.24) is 15.1 Å². The van der Waals surface area contributed by atoms with Gasteiger partial charge in [-0.1, -0.05) is 30.3 Å². The van der Waals surface area contributed by atoms with Gasteiger partial charge < -0.3 is 14.5 Å². The SMILES string of the molecule is C/C=C(/c1nnc(N2CCC(OC(=O)c3cc(F)cc(C(F)(F)F)c3)CC2)c2ccccc12)N(C)C. The molecular weight excluding hydrogens is 476 g/mol. The smallest absolute Gasteiger partial charge is 0.416 e. The number of fused-ring (bicyclic) bond motifs is 1. The topological polar surface area (TPSA) is 58.6 Å². The van der Waals surface area contributed by atoms with E-state index < -0.39 is 35.2 Å². The fraction of sp³-hybridized carbons (Fsp3) is 0.346. The van der Waals surface area contributed by atoms with Crippen LogP contribution in [-0.2, 0) is 10.9 Å². The van der Waals surface area contributed by atoms with Crippen LogP contribution in [0.2, 0.25) is 0 Å². The van der Waals surface area contributed by atoms with Gasteiger partial charge in [-0.3, -0.25) is 0 Å². The number of benzene rings is 2. The Morgan fingerprint density at radius 3 is 2.36 bits per heavy atom. The molecular formula is C26H26F4N4O2. The lowest BCUT2D eigenvalue weighted by molar-refractivity contribution is -0.137. The van der Waals surface area contributed by atoms with Crippen molar-refractivity contribution in [2.24, 2.45) is 0 Å². The van der Waals surface area contributed by atoms with Crippen molar-refractivity contribution in [3.8, 4) is 0 Å². The van der Waals surface area contributed by atoms with Crippen LogP contribution in [0, 0.1) is 5.82 Å². The van der Waals surface area contributed by atoms with Gasteiger partial charge in [0.2, 0.25) is 0 Å². The predicted octanol–water partition coefficient (Wildman–Crippen LogP) is 5.54. The summed E-state index contributed by atoms with van der Waals surface area (Å²) >= 11 is 0. The number of halogens is 4. The monoisotopic (exact) mass is 502 g/mol. The van der Waals surface area contributed by atoms with E-state index >= 15 is 0 Å². The lowest BCUT2D eigenvalue weighted by atomic mass is 10.0. The minimum Gasteiger partial charge on any atom is -0.459 e. The highest BCUT2D eigenvalue weighted by molar-refractivity contribution is 5.98. The molecule has 0 N–H and O–H groups in total. The van der Waals surface area contributed by atoms with Crippen molar-refractivity contribution in [2.45, 2.75) is 32.0 Å². The van der Waals surface area contributed by atoms with Gasteiger partial charge in [-0.15, -0.1) is 10.2 Å². The van der Waals surface area contributed by atoms with E-state index in [0.29, 0.717) is 43.9 Å². The standard InChI is InChI=1S/C26H26F4N4O2/c1-4-22(33(2)3)23-20-7-5-6-8-21(20)24(32-31-23)34-11-9-19(10-12-34)36-25(35)16-13-17(26(28,29)30)15-18(27)14-16/h4-8,13-15,19H,9-12H2,1-3H3/b22-4-. The van der Waals surface area contributed by atoms with Gasteiger partial charge in [-0.05, 0) is 25.1 Å². The first-order valence-corrected chi connectivity index (χ1v) is 11.5. The van der Waals surface area contributed by atoms with Crippen LogP contribution in [0.5, 0.6) is 0 Å². The van der Waals surface area contributed by atoms with Crippen molar-refractivity contribution in [1.29, 1.82) is 0 Å². The third-order valence-corrected chi connectivity index (χ3v) is 6.14. The largest absolute Gasteiger partial charge is 0.459 e. The first kappa shape index (κ1) is 25.4. The first-order chi connectivity index (χ1) is 17.1. The van der Waals surface area contributed by atoms with Gasteiger partial charge >= 0.3 is 12.1 Å².